The molecule has 0 saturated carbocycles. The first-order chi connectivity index (χ1) is 11.8. The molecular weight excluding hydrogens is 304 g/mol. The zero-order valence-electron chi connectivity index (χ0n) is 14.1. The minimum absolute atomic E-state index is 0.359. The summed E-state index contributed by atoms with van der Waals surface area (Å²) in [6, 6.07) is 8.06. The first-order valence-corrected chi connectivity index (χ1v) is 8.43. The molecule has 1 fully saturated rings. The molecule has 0 radical (unpaired) electrons. The van der Waals surface area contributed by atoms with Gasteiger partial charge in [0.2, 0.25) is 0 Å². The van der Waals surface area contributed by atoms with Gasteiger partial charge in [-0.3, -0.25) is 4.98 Å². The van der Waals surface area contributed by atoms with Crippen LogP contribution in [0.25, 0.3) is 0 Å². The Morgan fingerprint density at radius 2 is 2.29 bits per heavy atom. The minimum atomic E-state index is 0.359. The molecule has 1 saturated heterocycles. The number of aryl methyl sites for hydroxylation is 1. The SMILES string of the molecule is COCc1nc(NCCCc2ccccn2)cc([C@H]2CCOC2)n1. The number of nitrogens with zero attached hydrogens (tertiary/aromatic N) is 3. The predicted octanol–water partition coefficient (Wildman–Crippen LogP) is 2.57. The van der Waals surface area contributed by atoms with Crippen molar-refractivity contribution in [1.82, 2.24) is 15.0 Å². The molecule has 0 aromatic carbocycles. The fourth-order valence-electron chi connectivity index (χ4n) is 2.81. The maximum absolute atomic E-state index is 5.48. The highest BCUT2D eigenvalue weighted by Crippen LogP contribution is 2.25. The van der Waals surface area contributed by atoms with Gasteiger partial charge in [-0.2, -0.15) is 0 Å². The molecule has 6 nitrogen and oxygen atoms in total. The minimum Gasteiger partial charge on any atom is -0.381 e. The van der Waals surface area contributed by atoms with Gasteiger partial charge in [-0.15, -0.1) is 0 Å². The lowest BCUT2D eigenvalue weighted by Gasteiger charge is -2.12. The molecule has 0 bridgehead atoms. The predicted molar refractivity (Wildman–Crippen MR) is 92.0 cm³/mol. The Bertz CT molecular complexity index is 630. The van der Waals surface area contributed by atoms with Gasteiger partial charge >= 0.3 is 0 Å². The number of hydrogen-bond donors (Lipinski definition) is 1. The van der Waals surface area contributed by atoms with Crippen LogP contribution in [-0.4, -0.2) is 41.8 Å². The van der Waals surface area contributed by atoms with Crippen molar-refractivity contribution < 1.29 is 9.47 Å². The third-order valence-electron chi connectivity index (χ3n) is 4.06. The van der Waals surface area contributed by atoms with Crippen molar-refractivity contribution >= 4 is 5.82 Å². The van der Waals surface area contributed by atoms with Crippen LogP contribution in [0.5, 0.6) is 0 Å². The summed E-state index contributed by atoms with van der Waals surface area (Å²) in [4.78, 5) is 13.5. The molecule has 2 aromatic heterocycles. The van der Waals surface area contributed by atoms with Gasteiger partial charge in [-0.05, 0) is 31.4 Å². The summed E-state index contributed by atoms with van der Waals surface area (Å²) in [5.41, 5.74) is 2.16. The van der Waals surface area contributed by atoms with Crippen molar-refractivity contribution in [2.24, 2.45) is 0 Å². The van der Waals surface area contributed by atoms with E-state index in [9.17, 15) is 0 Å². The standard InChI is InChI=1S/C18H24N4O2/c1-23-13-18-21-16(14-7-10-24-12-14)11-17(22-18)20-9-4-6-15-5-2-3-8-19-15/h2-3,5,8,11,14H,4,6-7,9-10,12-13H2,1H3,(H,20,21,22)/t14-/m0/s1. The number of ether oxygens (including phenoxy) is 2. The number of anilines is 1. The molecule has 1 aliphatic heterocycles. The van der Waals surface area contributed by atoms with Crippen LogP contribution < -0.4 is 5.32 Å². The third-order valence-corrected chi connectivity index (χ3v) is 4.06. The fourth-order valence-corrected chi connectivity index (χ4v) is 2.81. The van der Waals surface area contributed by atoms with E-state index in [4.69, 9.17) is 9.47 Å². The number of methoxy groups -OCH3 is 1. The molecule has 0 unspecified atom stereocenters. The number of aromatic nitrogens is 3. The summed E-state index contributed by atoms with van der Waals surface area (Å²) >= 11 is 0. The molecule has 2 aromatic rings. The van der Waals surface area contributed by atoms with Gasteiger partial charge < -0.3 is 14.8 Å². The van der Waals surface area contributed by atoms with E-state index in [1.807, 2.05) is 24.4 Å². The molecule has 0 amide bonds. The number of rotatable bonds is 8. The van der Waals surface area contributed by atoms with Crippen LogP contribution in [0.4, 0.5) is 5.82 Å². The lowest BCUT2D eigenvalue weighted by atomic mass is 10.0. The highest BCUT2D eigenvalue weighted by Gasteiger charge is 2.20. The van der Waals surface area contributed by atoms with E-state index in [0.717, 1.165) is 56.2 Å². The molecule has 1 aliphatic rings. The molecule has 3 rings (SSSR count). The maximum Gasteiger partial charge on any atom is 0.156 e. The molecule has 24 heavy (non-hydrogen) atoms. The Balaban J connectivity index is 1.59. The zero-order valence-corrected chi connectivity index (χ0v) is 14.1. The molecule has 6 heteroatoms. The summed E-state index contributed by atoms with van der Waals surface area (Å²) < 4.78 is 10.7. The molecule has 1 N–H and O–H groups in total. The topological polar surface area (TPSA) is 69.2 Å². The largest absolute Gasteiger partial charge is 0.381 e. The van der Waals surface area contributed by atoms with Crippen LogP contribution in [0, 0.1) is 0 Å². The van der Waals surface area contributed by atoms with Crippen LogP contribution in [0.15, 0.2) is 30.5 Å². The normalized spacial score (nSPS) is 17.1. The monoisotopic (exact) mass is 328 g/mol. The van der Waals surface area contributed by atoms with Crippen LogP contribution in [0.3, 0.4) is 0 Å². The summed E-state index contributed by atoms with van der Waals surface area (Å²) in [5, 5.41) is 3.40. The highest BCUT2D eigenvalue weighted by molar-refractivity contribution is 5.37. The lowest BCUT2D eigenvalue weighted by molar-refractivity contribution is 0.177. The van der Waals surface area contributed by atoms with E-state index in [1.54, 1.807) is 7.11 Å². The van der Waals surface area contributed by atoms with E-state index in [-0.39, 0.29) is 0 Å². The van der Waals surface area contributed by atoms with Gasteiger partial charge in [0.15, 0.2) is 5.82 Å². The van der Waals surface area contributed by atoms with E-state index >= 15 is 0 Å². The van der Waals surface area contributed by atoms with Crippen LogP contribution in [0.2, 0.25) is 0 Å². The van der Waals surface area contributed by atoms with Crippen molar-refractivity contribution in [2.45, 2.75) is 31.8 Å². The van der Waals surface area contributed by atoms with Gasteiger partial charge in [0.05, 0.1) is 12.3 Å². The Morgan fingerprint density at radius 3 is 3.04 bits per heavy atom. The number of nitrogens with one attached hydrogen (secondary N) is 1. The Morgan fingerprint density at radius 1 is 1.33 bits per heavy atom. The lowest BCUT2D eigenvalue weighted by Crippen LogP contribution is -2.11. The quantitative estimate of drug-likeness (QED) is 0.751. The molecule has 0 aliphatic carbocycles. The fraction of sp³-hybridized carbons (Fsp3) is 0.500. The Labute approximate surface area is 142 Å². The molecule has 1 atom stereocenters. The van der Waals surface area contributed by atoms with Crippen LogP contribution >= 0.6 is 0 Å². The summed E-state index contributed by atoms with van der Waals surface area (Å²) in [5.74, 6) is 1.94. The summed E-state index contributed by atoms with van der Waals surface area (Å²) in [7, 11) is 1.66. The Hall–Kier alpha value is -2.05. The van der Waals surface area contributed by atoms with Gasteiger partial charge in [0.25, 0.3) is 0 Å². The highest BCUT2D eigenvalue weighted by atomic mass is 16.5. The number of pyridine rings is 1. The zero-order chi connectivity index (χ0) is 16.6. The Kier molecular flexibility index (Phi) is 6.09. The molecular formula is C18H24N4O2. The van der Waals surface area contributed by atoms with Crippen LogP contribution in [-0.2, 0) is 22.5 Å². The average molecular weight is 328 g/mol. The van der Waals surface area contributed by atoms with Crippen molar-refractivity contribution in [3.63, 3.8) is 0 Å². The smallest absolute Gasteiger partial charge is 0.156 e. The first-order valence-electron chi connectivity index (χ1n) is 8.43. The molecule has 128 valence electrons. The van der Waals surface area contributed by atoms with E-state index in [2.05, 4.69) is 26.3 Å². The van der Waals surface area contributed by atoms with E-state index in [0.29, 0.717) is 18.3 Å². The van der Waals surface area contributed by atoms with E-state index in [1.165, 1.54) is 0 Å². The van der Waals surface area contributed by atoms with Gasteiger partial charge in [0, 0.05) is 44.1 Å². The first kappa shape index (κ1) is 16.8. The van der Waals surface area contributed by atoms with Crippen LogP contribution in [0.1, 0.15) is 36.0 Å². The second kappa shape index (κ2) is 8.70. The third kappa shape index (κ3) is 4.72. The average Bonchev–Trinajstić information content (AvgIpc) is 3.15. The van der Waals surface area contributed by atoms with E-state index < -0.39 is 0 Å². The van der Waals surface area contributed by atoms with Gasteiger partial charge in [0.1, 0.15) is 12.4 Å². The maximum atomic E-state index is 5.48. The van der Waals surface area contributed by atoms with Gasteiger partial charge in [-0.25, -0.2) is 9.97 Å². The molecule has 0 spiro atoms. The van der Waals surface area contributed by atoms with Crippen molar-refractivity contribution in [1.29, 1.82) is 0 Å². The summed E-state index contributed by atoms with van der Waals surface area (Å²) in [6.45, 7) is 2.81. The summed E-state index contributed by atoms with van der Waals surface area (Å²) in [6.07, 6.45) is 4.80. The molecule has 3 heterocycles. The van der Waals surface area contributed by atoms with Gasteiger partial charge in [-0.1, -0.05) is 6.07 Å². The second-order valence-electron chi connectivity index (χ2n) is 5.94. The van der Waals surface area contributed by atoms with Crippen molar-refractivity contribution in [2.75, 3.05) is 32.2 Å². The second-order valence-corrected chi connectivity index (χ2v) is 5.94. The van der Waals surface area contributed by atoms with Crippen molar-refractivity contribution in [3.05, 3.63) is 47.7 Å². The van der Waals surface area contributed by atoms with Crippen molar-refractivity contribution in [3.8, 4) is 0 Å². The number of hydrogen-bond acceptors (Lipinski definition) is 6.